The molecule has 0 bridgehead atoms. The monoisotopic (exact) mass is 148 g/mol. The Morgan fingerprint density at radius 1 is 1.64 bits per heavy atom. The molecule has 1 fully saturated rings. The molecule has 0 aromatic carbocycles. The summed E-state index contributed by atoms with van der Waals surface area (Å²) >= 11 is 0. The van der Waals surface area contributed by atoms with Crippen molar-refractivity contribution in [3.63, 3.8) is 0 Å². The maximum atomic E-state index is 8.69. The topological polar surface area (TPSA) is 27.0 Å². The van der Waals surface area contributed by atoms with Crippen molar-refractivity contribution in [2.45, 2.75) is 25.3 Å². The SMILES string of the molecule is C#CCCN1CCCC1C#N. The van der Waals surface area contributed by atoms with Crippen LogP contribution in [0, 0.1) is 23.7 Å². The average molecular weight is 148 g/mol. The minimum atomic E-state index is 0.128. The van der Waals surface area contributed by atoms with E-state index in [-0.39, 0.29) is 6.04 Å². The molecule has 1 heterocycles. The molecule has 1 aliphatic rings. The van der Waals surface area contributed by atoms with Gasteiger partial charge in [0.15, 0.2) is 0 Å². The van der Waals surface area contributed by atoms with Crippen LogP contribution >= 0.6 is 0 Å². The molecule has 1 unspecified atom stereocenters. The van der Waals surface area contributed by atoms with E-state index in [0.29, 0.717) is 0 Å². The highest BCUT2D eigenvalue weighted by Crippen LogP contribution is 2.15. The van der Waals surface area contributed by atoms with Gasteiger partial charge in [-0.05, 0) is 19.4 Å². The first-order chi connectivity index (χ1) is 5.38. The third kappa shape index (κ3) is 1.97. The average Bonchev–Trinajstić information content (AvgIpc) is 2.47. The number of nitrogens with zero attached hydrogens (tertiary/aromatic N) is 2. The van der Waals surface area contributed by atoms with E-state index < -0.39 is 0 Å². The molecule has 0 N–H and O–H groups in total. The molecule has 0 spiro atoms. The van der Waals surface area contributed by atoms with Crippen molar-refractivity contribution < 1.29 is 0 Å². The Balaban J connectivity index is 2.34. The standard InChI is InChI=1S/C9H12N2/c1-2-3-6-11-7-4-5-9(11)8-10/h1,9H,3-7H2. The second-order valence-corrected chi connectivity index (χ2v) is 2.78. The Morgan fingerprint density at radius 3 is 3.09 bits per heavy atom. The lowest BCUT2D eigenvalue weighted by Gasteiger charge is -2.16. The van der Waals surface area contributed by atoms with Gasteiger partial charge in [-0.3, -0.25) is 4.90 Å². The van der Waals surface area contributed by atoms with Gasteiger partial charge in [-0.2, -0.15) is 5.26 Å². The van der Waals surface area contributed by atoms with Gasteiger partial charge in [0.1, 0.15) is 0 Å². The van der Waals surface area contributed by atoms with Gasteiger partial charge in [-0.1, -0.05) is 0 Å². The molecule has 2 nitrogen and oxygen atoms in total. The van der Waals surface area contributed by atoms with Gasteiger partial charge in [0.05, 0.1) is 12.1 Å². The molecule has 1 aliphatic heterocycles. The fraction of sp³-hybridized carbons (Fsp3) is 0.667. The highest BCUT2D eigenvalue weighted by molar-refractivity contribution is 4.97. The summed E-state index contributed by atoms with van der Waals surface area (Å²) in [6.07, 6.45) is 8.05. The van der Waals surface area contributed by atoms with Crippen LogP contribution in [-0.4, -0.2) is 24.0 Å². The summed E-state index contributed by atoms with van der Waals surface area (Å²) in [6, 6.07) is 2.41. The van der Waals surface area contributed by atoms with Crippen LogP contribution in [0.4, 0.5) is 0 Å². The van der Waals surface area contributed by atoms with Crippen molar-refractivity contribution in [2.24, 2.45) is 0 Å². The largest absolute Gasteiger partial charge is 0.287 e. The summed E-state index contributed by atoms with van der Waals surface area (Å²) in [7, 11) is 0. The first-order valence-corrected chi connectivity index (χ1v) is 3.95. The summed E-state index contributed by atoms with van der Waals surface area (Å²) in [6.45, 7) is 1.93. The Kier molecular flexibility index (Phi) is 2.95. The van der Waals surface area contributed by atoms with Crippen molar-refractivity contribution in [1.29, 1.82) is 5.26 Å². The molecule has 2 heteroatoms. The highest BCUT2D eigenvalue weighted by atomic mass is 15.2. The molecule has 0 aromatic rings. The summed E-state index contributed by atoms with van der Waals surface area (Å²) < 4.78 is 0. The van der Waals surface area contributed by atoms with Gasteiger partial charge in [0.2, 0.25) is 0 Å². The third-order valence-electron chi connectivity index (χ3n) is 2.06. The minimum absolute atomic E-state index is 0.128. The van der Waals surface area contributed by atoms with E-state index in [1.807, 2.05) is 0 Å². The quantitative estimate of drug-likeness (QED) is 0.546. The van der Waals surface area contributed by atoms with Gasteiger partial charge in [0, 0.05) is 13.0 Å². The lowest BCUT2D eigenvalue weighted by Crippen LogP contribution is -2.28. The number of likely N-dealkylation sites (tertiary alicyclic amines) is 1. The zero-order chi connectivity index (χ0) is 8.10. The van der Waals surface area contributed by atoms with Gasteiger partial charge < -0.3 is 0 Å². The normalized spacial score (nSPS) is 24.4. The Bertz CT molecular complexity index is 197. The van der Waals surface area contributed by atoms with E-state index >= 15 is 0 Å². The second kappa shape index (κ2) is 4.01. The summed E-state index contributed by atoms with van der Waals surface area (Å²) in [5, 5.41) is 8.69. The van der Waals surface area contributed by atoms with Gasteiger partial charge >= 0.3 is 0 Å². The lowest BCUT2D eigenvalue weighted by molar-refractivity contribution is 0.302. The highest BCUT2D eigenvalue weighted by Gasteiger charge is 2.22. The van der Waals surface area contributed by atoms with E-state index in [4.69, 9.17) is 11.7 Å². The first-order valence-electron chi connectivity index (χ1n) is 3.95. The van der Waals surface area contributed by atoms with Gasteiger partial charge in [0.25, 0.3) is 0 Å². The molecule has 0 radical (unpaired) electrons. The minimum Gasteiger partial charge on any atom is -0.287 e. The van der Waals surface area contributed by atoms with Crippen LogP contribution in [0.3, 0.4) is 0 Å². The zero-order valence-electron chi connectivity index (χ0n) is 6.58. The zero-order valence-corrected chi connectivity index (χ0v) is 6.58. The number of hydrogen-bond acceptors (Lipinski definition) is 2. The van der Waals surface area contributed by atoms with Crippen molar-refractivity contribution in [1.82, 2.24) is 4.90 Å². The Morgan fingerprint density at radius 2 is 2.45 bits per heavy atom. The molecule has 0 aliphatic carbocycles. The van der Waals surface area contributed by atoms with Crippen molar-refractivity contribution in [3.05, 3.63) is 0 Å². The lowest BCUT2D eigenvalue weighted by atomic mass is 10.2. The number of rotatable bonds is 2. The van der Waals surface area contributed by atoms with Crippen LogP contribution in [0.2, 0.25) is 0 Å². The van der Waals surface area contributed by atoms with E-state index in [0.717, 1.165) is 32.4 Å². The smallest absolute Gasteiger partial charge is 0.0978 e. The van der Waals surface area contributed by atoms with Crippen molar-refractivity contribution in [3.8, 4) is 18.4 Å². The summed E-state index contributed by atoms with van der Waals surface area (Å²) in [5.74, 6) is 2.59. The number of nitriles is 1. The van der Waals surface area contributed by atoms with E-state index in [1.54, 1.807) is 0 Å². The predicted molar refractivity (Wildman–Crippen MR) is 43.7 cm³/mol. The van der Waals surface area contributed by atoms with E-state index in [2.05, 4.69) is 16.9 Å². The Labute approximate surface area is 67.8 Å². The van der Waals surface area contributed by atoms with Gasteiger partial charge in [-0.25, -0.2) is 0 Å². The summed E-state index contributed by atoms with van der Waals surface area (Å²) in [5.41, 5.74) is 0. The predicted octanol–water partition coefficient (Wildman–Crippen LogP) is 0.998. The van der Waals surface area contributed by atoms with E-state index in [1.165, 1.54) is 0 Å². The molecule has 1 rings (SSSR count). The van der Waals surface area contributed by atoms with Crippen LogP contribution in [0.1, 0.15) is 19.3 Å². The molecule has 0 aromatic heterocycles. The Hall–Kier alpha value is -0.990. The molecular formula is C9H12N2. The van der Waals surface area contributed by atoms with Crippen LogP contribution in [0.15, 0.2) is 0 Å². The third-order valence-corrected chi connectivity index (χ3v) is 2.06. The van der Waals surface area contributed by atoms with Crippen LogP contribution in [-0.2, 0) is 0 Å². The summed E-state index contributed by atoms with van der Waals surface area (Å²) in [4.78, 5) is 2.17. The fourth-order valence-electron chi connectivity index (χ4n) is 1.45. The molecule has 1 atom stereocenters. The molecule has 1 saturated heterocycles. The number of hydrogen-bond donors (Lipinski definition) is 0. The maximum absolute atomic E-state index is 8.69. The maximum Gasteiger partial charge on any atom is 0.0978 e. The number of terminal acetylenes is 1. The van der Waals surface area contributed by atoms with Gasteiger partial charge in [-0.15, -0.1) is 12.3 Å². The molecule has 58 valence electrons. The second-order valence-electron chi connectivity index (χ2n) is 2.78. The van der Waals surface area contributed by atoms with Crippen LogP contribution < -0.4 is 0 Å². The molecule has 11 heavy (non-hydrogen) atoms. The molecular weight excluding hydrogens is 136 g/mol. The van der Waals surface area contributed by atoms with Crippen molar-refractivity contribution >= 4 is 0 Å². The van der Waals surface area contributed by atoms with Crippen LogP contribution in [0.5, 0.6) is 0 Å². The fourth-order valence-corrected chi connectivity index (χ4v) is 1.45. The molecule has 0 saturated carbocycles. The van der Waals surface area contributed by atoms with E-state index in [9.17, 15) is 0 Å². The van der Waals surface area contributed by atoms with Crippen LogP contribution in [0.25, 0.3) is 0 Å². The molecule has 0 amide bonds. The van der Waals surface area contributed by atoms with Crippen molar-refractivity contribution in [2.75, 3.05) is 13.1 Å². The first kappa shape index (κ1) is 8.11.